The third kappa shape index (κ3) is 2.97. The molecule has 0 spiro atoms. The molecule has 0 bridgehead atoms. The Balaban J connectivity index is 1.47. The minimum absolute atomic E-state index is 0.161. The quantitative estimate of drug-likeness (QED) is 0.560. The molecular weight excluding hydrogens is 362 g/mol. The van der Waals surface area contributed by atoms with Gasteiger partial charge in [0.05, 0.1) is 10.6 Å². The second kappa shape index (κ2) is 6.62. The number of thiophene rings is 2. The lowest BCUT2D eigenvalue weighted by molar-refractivity contribution is -0.117. The van der Waals surface area contributed by atoms with E-state index in [9.17, 15) is 9.59 Å². The molecular formula is C16H13N3O2S3. The fourth-order valence-electron chi connectivity index (χ4n) is 2.78. The van der Waals surface area contributed by atoms with Crippen molar-refractivity contribution in [3.63, 3.8) is 0 Å². The van der Waals surface area contributed by atoms with E-state index in [-0.39, 0.29) is 17.6 Å². The van der Waals surface area contributed by atoms with Crippen LogP contribution in [-0.2, 0) is 17.6 Å². The van der Waals surface area contributed by atoms with Gasteiger partial charge in [-0.3, -0.25) is 14.9 Å². The van der Waals surface area contributed by atoms with Crippen LogP contribution in [0.3, 0.4) is 0 Å². The summed E-state index contributed by atoms with van der Waals surface area (Å²) in [5.74, 6) is -0.495. The fourth-order valence-corrected chi connectivity index (χ4v) is 5.51. The third-order valence-corrected chi connectivity index (χ3v) is 6.86. The van der Waals surface area contributed by atoms with E-state index in [1.54, 1.807) is 29.8 Å². The average Bonchev–Trinajstić information content (AvgIpc) is 3.28. The van der Waals surface area contributed by atoms with Crippen molar-refractivity contribution in [3.8, 4) is 0 Å². The molecule has 8 heteroatoms. The van der Waals surface area contributed by atoms with E-state index in [2.05, 4.69) is 15.3 Å². The summed E-state index contributed by atoms with van der Waals surface area (Å²) in [5.41, 5.74) is 1.34. The zero-order valence-corrected chi connectivity index (χ0v) is 15.0. The number of aromatic nitrogens is 2. The molecule has 0 saturated carbocycles. The molecule has 5 nitrogen and oxygen atoms in total. The fraction of sp³-hybridized carbons (Fsp3) is 0.250. The topological polar surface area (TPSA) is 72.0 Å². The number of carbonyl (C=O) groups excluding carboxylic acids is 2. The zero-order chi connectivity index (χ0) is 16.5. The number of nitrogens with one attached hydrogen (secondary N) is 1. The maximum Gasteiger partial charge on any atom is 0.267 e. The normalized spacial score (nSPS) is 13.2. The van der Waals surface area contributed by atoms with Gasteiger partial charge in [-0.25, -0.2) is 9.97 Å². The number of nitrogens with zero attached hydrogens (tertiary/aromatic N) is 2. The molecule has 122 valence electrons. The van der Waals surface area contributed by atoms with Crippen molar-refractivity contribution < 1.29 is 9.59 Å². The first-order valence-electron chi connectivity index (χ1n) is 7.48. The van der Waals surface area contributed by atoms with E-state index in [1.807, 2.05) is 5.38 Å². The lowest BCUT2D eigenvalue weighted by atomic mass is 10.2. The zero-order valence-electron chi connectivity index (χ0n) is 12.6. The standard InChI is InChI=1S/C16H13N3O2S3/c20-12(19-14(21)11-5-2-6-22-11)7-23-15-13-9-3-1-4-10(9)24-16(13)18-8-17-15/h2,5-6,8H,1,3-4,7H2,(H,19,20,21). The van der Waals surface area contributed by atoms with Gasteiger partial charge in [0, 0.05) is 10.3 Å². The van der Waals surface area contributed by atoms with Crippen molar-refractivity contribution in [3.05, 3.63) is 39.2 Å². The first-order valence-corrected chi connectivity index (χ1v) is 10.2. The molecule has 0 saturated heterocycles. The van der Waals surface area contributed by atoms with E-state index in [1.165, 1.54) is 40.0 Å². The largest absolute Gasteiger partial charge is 0.291 e. The molecule has 0 radical (unpaired) electrons. The van der Waals surface area contributed by atoms with Crippen LogP contribution in [-0.4, -0.2) is 27.5 Å². The number of thioether (sulfide) groups is 1. The number of fused-ring (bicyclic) bond motifs is 3. The summed E-state index contributed by atoms with van der Waals surface area (Å²) in [6, 6.07) is 3.48. The van der Waals surface area contributed by atoms with Crippen molar-refractivity contribution in [2.24, 2.45) is 0 Å². The van der Waals surface area contributed by atoms with E-state index in [4.69, 9.17) is 0 Å². The van der Waals surface area contributed by atoms with Crippen LogP contribution >= 0.6 is 34.4 Å². The van der Waals surface area contributed by atoms with Crippen molar-refractivity contribution in [2.45, 2.75) is 24.3 Å². The minimum atomic E-state index is -0.347. The number of rotatable bonds is 4. The van der Waals surface area contributed by atoms with E-state index in [0.29, 0.717) is 4.88 Å². The predicted octanol–water partition coefficient (Wildman–Crippen LogP) is 3.29. The summed E-state index contributed by atoms with van der Waals surface area (Å²) in [6.45, 7) is 0. The molecule has 3 heterocycles. The van der Waals surface area contributed by atoms with Crippen LogP contribution in [0.25, 0.3) is 10.2 Å². The number of aryl methyl sites for hydroxylation is 2. The van der Waals surface area contributed by atoms with Crippen LogP contribution < -0.4 is 5.32 Å². The third-order valence-electron chi connectivity index (χ3n) is 3.80. The number of hydrogen-bond acceptors (Lipinski definition) is 7. The highest BCUT2D eigenvalue weighted by atomic mass is 32.2. The Morgan fingerprint density at radius 3 is 3.04 bits per heavy atom. The smallest absolute Gasteiger partial charge is 0.267 e. The Morgan fingerprint density at radius 2 is 2.21 bits per heavy atom. The van der Waals surface area contributed by atoms with Crippen molar-refractivity contribution in [1.82, 2.24) is 15.3 Å². The highest BCUT2D eigenvalue weighted by Gasteiger charge is 2.22. The molecule has 1 N–H and O–H groups in total. The Hall–Kier alpha value is -1.77. The Labute approximate surface area is 150 Å². The summed E-state index contributed by atoms with van der Waals surface area (Å²) in [6.07, 6.45) is 4.88. The summed E-state index contributed by atoms with van der Waals surface area (Å²) < 4.78 is 0. The van der Waals surface area contributed by atoms with Crippen LogP contribution in [0.4, 0.5) is 0 Å². The van der Waals surface area contributed by atoms with Crippen molar-refractivity contribution >= 4 is 56.5 Å². The minimum Gasteiger partial charge on any atom is -0.291 e. The monoisotopic (exact) mass is 375 g/mol. The molecule has 3 aromatic heterocycles. The number of hydrogen-bond donors (Lipinski definition) is 1. The molecule has 1 aliphatic rings. The first-order chi connectivity index (χ1) is 11.7. The van der Waals surface area contributed by atoms with Gasteiger partial charge < -0.3 is 0 Å². The van der Waals surface area contributed by atoms with Crippen LogP contribution in [0.1, 0.15) is 26.5 Å². The van der Waals surface area contributed by atoms with Crippen molar-refractivity contribution in [2.75, 3.05) is 5.75 Å². The number of imide groups is 1. The molecule has 0 unspecified atom stereocenters. The van der Waals surface area contributed by atoms with Gasteiger partial charge in [-0.1, -0.05) is 17.8 Å². The number of amides is 2. The second-order valence-electron chi connectivity index (χ2n) is 5.36. The summed E-state index contributed by atoms with van der Waals surface area (Å²) in [4.78, 5) is 35.6. The molecule has 0 atom stereocenters. The molecule has 24 heavy (non-hydrogen) atoms. The Bertz CT molecular complexity index is 918. The van der Waals surface area contributed by atoms with Gasteiger partial charge in [-0.2, -0.15) is 0 Å². The Kier molecular flexibility index (Phi) is 4.34. The van der Waals surface area contributed by atoms with E-state index < -0.39 is 0 Å². The molecule has 2 amide bonds. The van der Waals surface area contributed by atoms with E-state index in [0.717, 1.165) is 28.1 Å². The highest BCUT2D eigenvalue weighted by Crippen LogP contribution is 2.39. The lowest BCUT2D eigenvalue weighted by Gasteiger charge is -2.04. The lowest BCUT2D eigenvalue weighted by Crippen LogP contribution is -2.31. The second-order valence-corrected chi connectivity index (χ2v) is 8.35. The molecule has 0 aromatic carbocycles. The molecule has 0 aliphatic heterocycles. The molecule has 1 aliphatic carbocycles. The van der Waals surface area contributed by atoms with Crippen LogP contribution in [0.15, 0.2) is 28.9 Å². The van der Waals surface area contributed by atoms with E-state index >= 15 is 0 Å². The number of carbonyl (C=O) groups is 2. The van der Waals surface area contributed by atoms with Gasteiger partial charge in [-0.15, -0.1) is 22.7 Å². The summed E-state index contributed by atoms with van der Waals surface area (Å²) in [5, 5.41) is 6.15. The predicted molar refractivity (Wildman–Crippen MR) is 97.0 cm³/mol. The van der Waals surface area contributed by atoms with Gasteiger partial charge in [-0.05, 0) is 36.3 Å². The maximum absolute atomic E-state index is 12.0. The summed E-state index contributed by atoms with van der Waals surface area (Å²) in [7, 11) is 0. The van der Waals surface area contributed by atoms with Gasteiger partial charge in [0.25, 0.3) is 5.91 Å². The van der Waals surface area contributed by atoms with Crippen LogP contribution in [0.2, 0.25) is 0 Å². The highest BCUT2D eigenvalue weighted by molar-refractivity contribution is 8.00. The Morgan fingerprint density at radius 1 is 1.29 bits per heavy atom. The molecule has 0 fully saturated rings. The van der Waals surface area contributed by atoms with Crippen molar-refractivity contribution in [1.29, 1.82) is 0 Å². The van der Waals surface area contributed by atoms with Gasteiger partial charge in [0.1, 0.15) is 16.2 Å². The van der Waals surface area contributed by atoms with Gasteiger partial charge in [0.15, 0.2) is 0 Å². The molecule has 4 rings (SSSR count). The van der Waals surface area contributed by atoms with Crippen LogP contribution in [0, 0.1) is 0 Å². The van der Waals surface area contributed by atoms with Gasteiger partial charge in [0.2, 0.25) is 5.91 Å². The van der Waals surface area contributed by atoms with Crippen LogP contribution in [0.5, 0.6) is 0 Å². The first kappa shape index (κ1) is 15.7. The van der Waals surface area contributed by atoms with Gasteiger partial charge >= 0.3 is 0 Å². The molecule has 3 aromatic rings. The summed E-state index contributed by atoms with van der Waals surface area (Å²) >= 11 is 4.40. The average molecular weight is 376 g/mol. The maximum atomic E-state index is 12.0. The SMILES string of the molecule is O=C(CSc1ncnc2sc3c(c12)CCC3)NC(=O)c1cccs1.